The number of hydrogen-bond acceptors (Lipinski definition) is 3. The molecule has 0 radical (unpaired) electrons. The fourth-order valence-corrected chi connectivity index (χ4v) is 2.46. The SMILES string of the molecule is Cc1cncc(C2(F)CCN(C(=O)OC(C)(C)C)CC2)c1. The van der Waals surface area contributed by atoms with Gasteiger partial charge in [0.25, 0.3) is 0 Å². The minimum Gasteiger partial charge on any atom is -0.444 e. The Morgan fingerprint density at radius 2 is 1.95 bits per heavy atom. The molecule has 5 heteroatoms. The van der Waals surface area contributed by atoms with E-state index in [-0.39, 0.29) is 18.9 Å². The van der Waals surface area contributed by atoms with Gasteiger partial charge in [0.05, 0.1) is 0 Å². The molecule has 1 fully saturated rings. The highest BCUT2D eigenvalue weighted by Gasteiger charge is 2.38. The van der Waals surface area contributed by atoms with Gasteiger partial charge < -0.3 is 9.64 Å². The van der Waals surface area contributed by atoms with Crippen molar-refractivity contribution in [2.75, 3.05) is 13.1 Å². The van der Waals surface area contributed by atoms with Gasteiger partial charge in [0.2, 0.25) is 0 Å². The van der Waals surface area contributed by atoms with Crippen LogP contribution in [0.3, 0.4) is 0 Å². The van der Waals surface area contributed by atoms with Crippen molar-refractivity contribution in [2.24, 2.45) is 0 Å². The summed E-state index contributed by atoms with van der Waals surface area (Å²) in [6.07, 6.45) is 3.47. The van der Waals surface area contributed by atoms with Gasteiger partial charge in [0, 0.05) is 43.9 Å². The average molecular weight is 294 g/mol. The van der Waals surface area contributed by atoms with E-state index in [1.165, 1.54) is 0 Å². The molecule has 0 spiro atoms. The van der Waals surface area contributed by atoms with Crippen LogP contribution in [0.4, 0.5) is 9.18 Å². The molecule has 1 aromatic rings. The molecule has 0 N–H and O–H groups in total. The molecule has 1 amide bonds. The van der Waals surface area contributed by atoms with E-state index in [0.29, 0.717) is 18.7 Å². The Labute approximate surface area is 125 Å². The number of piperidine rings is 1. The number of aryl methyl sites for hydroxylation is 1. The maximum Gasteiger partial charge on any atom is 0.410 e. The summed E-state index contributed by atoms with van der Waals surface area (Å²) in [6.45, 7) is 8.10. The van der Waals surface area contributed by atoms with E-state index >= 15 is 4.39 Å². The highest BCUT2D eigenvalue weighted by molar-refractivity contribution is 5.68. The Kier molecular flexibility index (Phi) is 4.21. The second kappa shape index (κ2) is 5.62. The predicted octanol–water partition coefficient (Wildman–Crippen LogP) is 3.59. The predicted molar refractivity (Wildman–Crippen MR) is 78.8 cm³/mol. The van der Waals surface area contributed by atoms with Crippen LogP contribution in [0.5, 0.6) is 0 Å². The molecule has 1 aliphatic rings. The van der Waals surface area contributed by atoms with Gasteiger partial charge in [-0.2, -0.15) is 0 Å². The second-order valence-corrected chi connectivity index (χ2v) is 6.68. The molecular weight excluding hydrogens is 271 g/mol. The molecule has 1 aliphatic heterocycles. The van der Waals surface area contributed by atoms with Crippen LogP contribution in [0.1, 0.15) is 44.7 Å². The molecule has 2 rings (SSSR count). The molecule has 0 unspecified atom stereocenters. The number of alkyl halides is 1. The van der Waals surface area contributed by atoms with Crippen molar-refractivity contribution in [3.8, 4) is 0 Å². The Bertz CT molecular complexity index is 517. The molecule has 1 saturated heterocycles. The van der Waals surface area contributed by atoms with Crippen molar-refractivity contribution >= 4 is 6.09 Å². The number of amides is 1. The summed E-state index contributed by atoms with van der Waals surface area (Å²) in [6, 6.07) is 1.83. The van der Waals surface area contributed by atoms with Crippen LogP contribution in [-0.4, -0.2) is 34.7 Å². The number of hydrogen-bond donors (Lipinski definition) is 0. The van der Waals surface area contributed by atoms with E-state index in [2.05, 4.69) is 4.98 Å². The van der Waals surface area contributed by atoms with Crippen molar-refractivity contribution in [3.05, 3.63) is 29.6 Å². The van der Waals surface area contributed by atoms with Crippen LogP contribution in [0.15, 0.2) is 18.5 Å². The Balaban J connectivity index is 2.01. The highest BCUT2D eigenvalue weighted by atomic mass is 19.1. The summed E-state index contributed by atoms with van der Waals surface area (Å²) in [5, 5.41) is 0. The number of carbonyl (C=O) groups is 1. The maximum absolute atomic E-state index is 15.0. The van der Waals surface area contributed by atoms with Crippen LogP contribution in [0, 0.1) is 6.92 Å². The van der Waals surface area contributed by atoms with Crippen molar-refractivity contribution in [1.29, 1.82) is 0 Å². The lowest BCUT2D eigenvalue weighted by atomic mass is 9.87. The Hall–Kier alpha value is -1.65. The number of pyridine rings is 1. The van der Waals surface area contributed by atoms with Gasteiger partial charge in [0.1, 0.15) is 11.3 Å². The molecule has 1 aromatic heterocycles. The quantitative estimate of drug-likeness (QED) is 0.795. The first-order valence-corrected chi connectivity index (χ1v) is 7.29. The standard InChI is InChI=1S/C16H23FN2O2/c1-12-9-13(11-18-10-12)16(17)5-7-19(8-6-16)14(20)21-15(2,3)4/h9-11H,5-8H2,1-4H3. The second-order valence-electron chi connectivity index (χ2n) is 6.68. The third-order valence-electron chi connectivity index (χ3n) is 3.60. The summed E-state index contributed by atoms with van der Waals surface area (Å²) in [4.78, 5) is 17.6. The number of rotatable bonds is 1. The summed E-state index contributed by atoms with van der Waals surface area (Å²) >= 11 is 0. The zero-order valence-corrected chi connectivity index (χ0v) is 13.1. The van der Waals surface area contributed by atoms with Crippen LogP contribution in [0.2, 0.25) is 0 Å². The lowest BCUT2D eigenvalue weighted by molar-refractivity contribution is 0.00213. The van der Waals surface area contributed by atoms with Crippen LogP contribution in [0.25, 0.3) is 0 Å². The topological polar surface area (TPSA) is 42.4 Å². The minimum atomic E-state index is -1.41. The normalized spacial score (nSPS) is 18.4. The lowest BCUT2D eigenvalue weighted by Crippen LogP contribution is -2.45. The van der Waals surface area contributed by atoms with E-state index < -0.39 is 11.3 Å². The fourth-order valence-electron chi connectivity index (χ4n) is 2.46. The van der Waals surface area contributed by atoms with Gasteiger partial charge in [-0.1, -0.05) is 0 Å². The molecule has 0 aliphatic carbocycles. The number of ether oxygens (including phenoxy) is 1. The molecule has 0 saturated carbocycles. The van der Waals surface area contributed by atoms with E-state index in [9.17, 15) is 4.79 Å². The zero-order valence-electron chi connectivity index (χ0n) is 13.1. The molecule has 2 heterocycles. The van der Waals surface area contributed by atoms with Gasteiger partial charge in [-0.3, -0.25) is 4.98 Å². The summed E-state index contributed by atoms with van der Waals surface area (Å²) in [5.74, 6) is 0. The number of carbonyl (C=O) groups excluding carboxylic acids is 1. The fraction of sp³-hybridized carbons (Fsp3) is 0.625. The first-order valence-electron chi connectivity index (χ1n) is 7.29. The monoisotopic (exact) mass is 294 g/mol. The van der Waals surface area contributed by atoms with Gasteiger partial charge in [0.15, 0.2) is 0 Å². The molecule has 0 bridgehead atoms. The molecular formula is C16H23FN2O2. The van der Waals surface area contributed by atoms with Crippen molar-refractivity contribution in [3.63, 3.8) is 0 Å². The number of halogens is 1. The molecule has 4 nitrogen and oxygen atoms in total. The maximum atomic E-state index is 15.0. The van der Waals surface area contributed by atoms with E-state index in [1.807, 2.05) is 33.8 Å². The first-order chi connectivity index (χ1) is 9.70. The molecule has 0 atom stereocenters. The first kappa shape index (κ1) is 15.7. The van der Waals surface area contributed by atoms with Gasteiger partial charge in [-0.15, -0.1) is 0 Å². The number of nitrogens with zero attached hydrogens (tertiary/aromatic N) is 2. The van der Waals surface area contributed by atoms with Crippen LogP contribution < -0.4 is 0 Å². The largest absolute Gasteiger partial charge is 0.444 e. The summed E-state index contributed by atoms with van der Waals surface area (Å²) < 4.78 is 20.4. The van der Waals surface area contributed by atoms with E-state index in [0.717, 1.165) is 5.56 Å². The van der Waals surface area contributed by atoms with Gasteiger partial charge >= 0.3 is 6.09 Å². The highest BCUT2D eigenvalue weighted by Crippen LogP contribution is 2.37. The van der Waals surface area contributed by atoms with E-state index in [4.69, 9.17) is 4.74 Å². The van der Waals surface area contributed by atoms with Crippen LogP contribution >= 0.6 is 0 Å². The summed E-state index contributed by atoms with van der Waals surface area (Å²) in [5.41, 5.74) is -0.385. The zero-order chi connectivity index (χ0) is 15.7. The van der Waals surface area contributed by atoms with Crippen molar-refractivity contribution < 1.29 is 13.9 Å². The van der Waals surface area contributed by atoms with Gasteiger partial charge in [-0.05, 0) is 39.3 Å². The van der Waals surface area contributed by atoms with Gasteiger partial charge in [-0.25, -0.2) is 9.18 Å². The van der Waals surface area contributed by atoms with Crippen LogP contribution in [-0.2, 0) is 10.4 Å². The van der Waals surface area contributed by atoms with Crippen molar-refractivity contribution in [2.45, 2.75) is 51.8 Å². The molecule has 0 aromatic carbocycles. The Morgan fingerprint density at radius 1 is 1.33 bits per heavy atom. The molecule has 21 heavy (non-hydrogen) atoms. The minimum absolute atomic E-state index is 0.275. The third kappa shape index (κ3) is 3.93. The smallest absolute Gasteiger partial charge is 0.410 e. The Morgan fingerprint density at radius 3 is 2.48 bits per heavy atom. The average Bonchev–Trinajstić information content (AvgIpc) is 2.37. The number of likely N-dealkylation sites (tertiary alicyclic amines) is 1. The van der Waals surface area contributed by atoms with E-state index in [1.54, 1.807) is 17.3 Å². The third-order valence-corrected chi connectivity index (χ3v) is 3.60. The number of aromatic nitrogens is 1. The lowest BCUT2D eigenvalue weighted by Gasteiger charge is -2.37. The van der Waals surface area contributed by atoms with Crippen molar-refractivity contribution in [1.82, 2.24) is 9.88 Å². The summed E-state index contributed by atoms with van der Waals surface area (Å²) in [7, 11) is 0. The molecule has 116 valence electrons.